The third-order valence-electron chi connectivity index (χ3n) is 4.68. The summed E-state index contributed by atoms with van der Waals surface area (Å²) in [5.74, 6) is 1.17. The monoisotopic (exact) mass is 404 g/mol. The van der Waals surface area contributed by atoms with Gasteiger partial charge in [-0.05, 0) is 30.4 Å². The lowest BCUT2D eigenvalue weighted by molar-refractivity contribution is 0.419. The Morgan fingerprint density at radius 2 is 1.46 bits per heavy atom. The van der Waals surface area contributed by atoms with Gasteiger partial charge in [0.15, 0.2) is 5.75 Å². The zero-order valence-corrected chi connectivity index (χ0v) is 16.1. The molecule has 26 heavy (non-hydrogen) atoms. The third kappa shape index (κ3) is 3.49. The highest BCUT2D eigenvalue weighted by Gasteiger charge is 2.25. The molecular weight excluding hydrogens is 391 g/mol. The van der Waals surface area contributed by atoms with Gasteiger partial charge in [0.1, 0.15) is 27.9 Å². The Balaban J connectivity index is 2.07. The zero-order chi connectivity index (χ0) is 18.7. The normalized spacial score (nSPS) is 14.5. The van der Waals surface area contributed by atoms with Gasteiger partial charge in [0.25, 0.3) is 0 Å². The van der Waals surface area contributed by atoms with Crippen LogP contribution in [0.2, 0.25) is 15.1 Å². The van der Waals surface area contributed by atoms with Crippen LogP contribution in [0, 0.1) is 22.7 Å². The summed E-state index contributed by atoms with van der Waals surface area (Å²) in [4.78, 5) is 0. The van der Waals surface area contributed by atoms with Gasteiger partial charge in [-0.3, -0.25) is 0 Å². The molecule has 6 heteroatoms. The summed E-state index contributed by atoms with van der Waals surface area (Å²) in [7, 11) is 0. The lowest BCUT2D eigenvalue weighted by Crippen LogP contribution is -2.06. The van der Waals surface area contributed by atoms with Crippen LogP contribution in [0.1, 0.15) is 54.7 Å². The van der Waals surface area contributed by atoms with Gasteiger partial charge in [0.05, 0.1) is 16.1 Å². The first-order valence-corrected chi connectivity index (χ1v) is 9.49. The number of hydrogen-bond donors (Lipinski definition) is 0. The van der Waals surface area contributed by atoms with E-state index in [9.17, 15) is 10.5 Å². The van der Waals surface area contributed by atoms with Gasteiger partial charge in [0, 0.05) is 0 Å². The van der Waals surface area contributed by atoms with E-state index >= 15 is 0 Å². The van der Waals surface area contributed by atoms with Gasteiger partial charge in [-0.1, -0.05) is 72.3 Å². The Bertz CT molecular complexity index is 922. The van der Waals surface area contributed by atoms with E-state index in [2.05, 4.69) is 0 Å². The number of halogens is 3. The standard InChI is InChI=1S/C20H15Cl3N2O/c21-17-14(10-24)15(11-25)18(22)20(19(17)23)26-16-9-5-4-8-13(16)12-6-2-1-3-7-12/h4-5,8-9,12H,1-3,6-7H2. The highest BCUT2D eigenvalue weighted by atomic mass is 35.5. The summed E-state index contributed by atoms with van der Waals surface area (Å²) >= 11 is 18.8. The number of rotatable bonds is 3. The van der Waals surface area contributed by atoms with Crippen LogP contribution >= 0.6 is 34.8 Å². The van der Waals surface area contributed by atoms with Gasteiger partial charge in [-0.2, -0.15) is 10.5 Å². The molecule has 0 heterocycles. The van der Waals surface area contributed by atoms with Crippen LogP contribution in [0.3, 0.4) is 0 Å². The van der Waals surface area contributed by atoms with Gasteiger partial charge >= 0.3 is 0 Å². The van der Waals surface area contributed by atoms with E-state index in [1.54, 1.807) is 0 Å². The lowest BCUT2D eigenvalue weighted by Gasteiger charge is -2.24. The first-order valence-electron chi connectivity index (χ1n) is 8.35. The van der Waals surface area contributed by atoms with E-state index in [1.165, 1.54) is 19.3 Å². The zero-order valence-electron chi connectivity index (χ0n) is 13.9. The number of para-hydroxylation sites is 1. The number of nitriles is 2. The minimum absolute atomic E-state index is 0.00287. The molecule has 0 spiro atoms. The molecule has 0 atom stereocenters. The second kappa shape index (κ2) is 8.19. The molecular formula is C20H15Cl3N2O. The molecule has 0 bridgehead atoms. The van der Waals surface area contributed by atoms with Crippen molar-refractivity contribution in [2.24, 2.45) is 0 Å². The van der Waals surface area contributed by atoms with Crippen molar-refractivity contribution in [3.63, 3.8) is 0 Å². The van der Waals surface area contributed by atoms with Crippen molar-refractivity contribution in [1.29, 1.82) is 10.5 Å². The smallest absolute Gasteiger partial charge is 0.167 e. The van der Waals surface area contributed by atoms with Crippen molar-refractivity contribution in [2.45, 2.75) is 38.0 Å². The van der Waals surface area contributed by atoms with Crippen LogP contribution in [0.5, 0.6) is 11.5 Å². The van der Waals surface area contributed by atoms with E-state index in [4.69, 9.17) is 39.5 Å². The topological polar surface area (TPSA) is 56.8 Å². The van der Waals surface area contributed by atoms with E-state index in [0.717, 1.165) is 18.4 Å². The highest BCUT2D eigenvalue weighted by Crippen LogP contribution is 2.47. The first kappa shape index (κ1) is 18.9. The van der Waals surface area contributed by atoms with Gasteiger partial charge in [-0.15, -0.1) is 0 Å². The summed E-state index contributed by atoms with van der Waals surface area (Å²) in [6, 6.07) is 11.5. The fourth-order valence-corrected chi connectivity index (χ4v) is 4.14. The summed E-state index contributed by atoms with van der Waals surface area (Å²) < 4.78 is 6.04. The van der Waals surface area contributed by atoms with Gasteiger partial charge in [0.2, 0.25) is 0 Å². The van der Waals surface area contributed by atoms with Crippen molar-refractivity contribution in [1.82, 2.24) is 0 Å². The van der Waals surface area contributed by atoms with E-state index in [0.29, 0.717) is 11.7 Å². The van der Waals surface area contributed by atoms with Crippen LogP contribution in [0.25, 0.3) is 0 Å². The van der Waals surface area contributed by atoms with E-state index in [-0.39, 0.29) is 31.9 Å². The number of ether oxygens (including phenoxy) is 1. The molecule has 1 saturated carbocycles. The van der Waals surface area contributed by atoms with Gasteiger partial charge in [-0.25, -0.2) is 0 Å². The Hall–Kier alpha value is -1.91. The van der Waals surface area contributed by atoms with Crippen LogP contribution < -0.4 is 4.74 Å². The molecule has 1 aliphatic rings. The first-order chi connectivity index (χ1) is 12.6. The van der Waals surface area contributed by atoms with E-state index in [1.807, 2.05) is 36.4 Å². The molecule has 0 radical (unpaired) electrons. The third-order valence-corrected chi connectivity index (χ3v) is 5.88. The fourth-order valence-electron chi connectivity index (χ4n) is 3.37. The molecule has 1 fully saturated rings. The molecule has 0 saturated heterocycles. The Kier molecular flexibility index (Phi) is 5.94. The maximum atomic E-state index is 9.35. The van der Waals surface area contributed by atoms with Crippen LogP contribution in [0.4, 0.5) is 0 Å². The van der Waals surface area contributed by atoms with Crippen molar-refractivity contribution in [2.75, 3.05) is 0 Å². The average molecular weight is 406 g/mol. The number of hydrogen-bond acceptors (Lipinski definition) is 3. The molecule has 0 aromatic heterocycles. The maximum absolute atomic E-state index is 9.35. The molecule has 3 nitrogen and oxygen atoms in total. The highest BCUT2D eigenvalue weighted by molar-refractivity contribution is 6.46. The summed E-state index contributed by atoms with van der Waals surface area (Å²) in [5.41, 5.74) is 1.02. The Morgan fingerprint density at radius 3 is 2.12 bits per heavy atom. The van der Waals surface area contributed by atoms with Crippen molar-refractivity contribution in [3.8, 4) is 23.6 Å². The Morgan fingerprint density at radius 1 is 0.846 bits per heavy atom. The molecule has 2 aromatic rings. The average Bonchev–Trinajstić information content (AvgIpc) is 2.68. The molecule has 132 valence electrons. The Labute approximate surface area is 167 Å². The van der Waals surface area contributed by atoms with Crippen molar-refractivity contribution in [3.05, 3.63) is 56.0 Å². The summed E-state index contributed by atoms with van der Waals surface area (Å²) in [6.07, 6.45) is 5.87. The number of nitrogens with zero attached hydrogens (tertiary/aromatic N) is 2. The molecule has 0 N–H and O–H groups in total. The van der Waals surface area contributed by atoms with Crippen LogP contribution in [-0.4, -0.2) is 0 Å². The minimum atomic E-state index is -0.0444. The summed E-state index contributed by atoms with van der Waals surface area (Å²) in [5, 5.41) is 18.6. The van der Waals surface area contributed by atoms with Crippen molar-refractivity contribution >= 4 is 34.8 Å². The molecule has 0 unspecified atom stereocenters. The fraction of sp³-hybridized carbons (Fsp3) is 0.300. The minimum Gasteiger partial charge on any atom is -0.454 e. The summed E-state index contributed by atoms with van der Waals surface area (Å²) in [6.45, 7) is 0. The predicted molar refractivity (Wildman–Crippen MR) is 103 cm³/mol. The van der Waals surface area contributed by atoms with Gasteiger partial charge < -0.3 is 4.74 Å². The predicted octanol–water partition coefficient (Wildman–Crippen LogP) is 7.23. The lowest BCUT2D eigenvalue weighted by atomic mass is 9.84. The molecule has 3 rings (SSSR count). The second-order valence-corrected chi connectivity index (χ2v) is 7.35. The molecule has 0 aliphatic heterocycles. The quantitative estimate of drug-likeness (QED) is 0.506. The number of benzene rings is 2. The van der Waals surface area contributed by atoms with E-state index < -0.39 is 0 Å². The van der Waals surface area contributed by atoms with Crippen molar-refractivity contribution < 1.29 is 4.74 Å². The van der Waals surface area contributed by atoms with Crippen LogP contribution in [0.15, 0.2) is 24.3 Å². The molecule has 0 amide bonds. The maximum Gasteiger partial charge on any atom is 0.167 e. The molecule has 2 aromatic carbocycles. The largest absolute Gasteiger partial charge is 0.454 e. The second-order valence-electron chi connectivity index (χ2n) is 6.22. The molecule has 1 aliphatic carbocycles. The van der Waals surface area contributed by atoms with Crippen LogP contribution in [-0.2, 0) is 0 Å². The SMILES string of the molecule is N#Cc1c(Cl)c(Cl)c(Oc2ccccc2C2CCCCC2)c(Cl)c1C#N.